The molecule has 2 heterocycles. The summed E-state index contributed by atoms with van der Waals surface area (Å²) in [5.74, 6) is 1.10. The molecule has 112 valence electrons. The maximum absolute atomic E-state index is 12.7. The third-order valence-corrected chi connectivity index (χ3v) is 4.65. The minimum Gasteiger partial charge on any atom is -0.338 e. The standard InChI is InChI=1S/C15H19N3O3/c1-10-2-3-13(18(20)21)6-14(10)15(19)17-5-4-11-7-16-8-12(11)9-17/h2-3,6,11-12,16H,4-5,7-9H2,1H3. The third kappa shape index (κ3) is 2.63. The van der Waals surface area contributed by atoms with Crippen LogP contribution in [-0.4, -0.2) is 41.9 Å². The lowest BCUT2D eigenvalue weighted by molar-refractivity contribution is -0.384. The summed E-state index contributed by atoms with van der Waals surface area (Å²) < 4.78 is 0. The van der Waals surface area contributed by atoms with Crippen molar-refractivity contribution in [1.29, 1.82) is 0 Å². The van der Waals surface area contributed by atoms with Crippen LogP contribution >= 0.6 is 0 Å². The second kappa shape index (κ2) is 5.44. The molecule has 2 saturated heterocycles. The number of hydrogen-bond acceptors (Lipinski definition) is 4. The van der Waals surface area contributed by atoms with Crippen LogP contribution in [0.25, 0.3) is 0 Å². The van der Waals surface area contributed by atoms with Crippen LogP contribution in [0.3, 0.4) is 0 Å². The number of likely N-dealkylation sites (tertiary alicyclic amines) is 1. The Morgan fingerprint density at radius 3 is 2.90 bits per heavy atom. The first-order valence-corrected chi connectivity index (χ1v) is 7.31. The van der Waals surface area contributed by atoms with Crippen LogP contribution in [-0.2, 0) is 0 Å². The molecule has 6 nitrogen and oxygen atoms in total. The van der Waals surface area contributed by atoms with Crippen molar-refractivity contribution in [3.8, 4) is 0 Å². The number of benzene rings is 1. The van der Waals surface area contributed by atoms with E-state index in [0.29, 0.717) is 17.4 Å². The Hall–Kier alpha value is -1.95. The van der Waals surface area contributed by atoms with Gasteiger partial charge in [-0.05, 0) is 43.8 Å². The van der Waals surface area contributed by atoms with E-state index in [0.717, 1.165) is 38.2 Å². The summed E-state index contributed by atoms with van der Waals surface area (Å²) in [5.41, 5.74) is 1.22. The Balaban J connectivity index is 1.81. The molecule has 2 fully saturated rings. The molecule has 2 aliphatic rings. The lowest BCUT2D eigenvalue weighted by Gasteiger charge is -2.34. The van der Waals surface area contributed by atoms with Gasteiger partial charge in [0.25, 0.3) is 11.6 Å². The minimum absolute atomic E-state index is 0.0265. The quantitative estimate of drug-likeness (QED) is 0.662. The fourth-order valence-electron chi connectivity index (χ4n) is 3.34. The monoisotopic (exact) mass is 289 g/mol. The maximum Gasteiger partial charge on any atom is 0.270 e. The normalized spacial score (nSPS) is 24.7. The number of hydrogen-bond donors (Lipinski definition) is 1. The van der Waals surface area contributed by atoms with Crippen LogP contribution in [0.1, 0.15) is 22.3 Å². The van der Waals surface area contributed by atoms with Crippen molar-refractivity contribution in [3.63, 3.8) is 0 Å². The van der Waals surface area contributed by atoms with Crippen molar-refractivity contribution in [1.82, 2.24) is 10.2 Å². The van der Waals surface area contributed by atoms with Crippen molar-refractivity contribution in [3.05, 3.63) is 39.4 Å². The van der Waals surface area contributed by atoms with Crippen molar-refractivity contribution >= 4 is 11.6 Å². The van der Waals surface area contributed by atoms with E-state index in [1.807, 2.05) is 11.8 Å². The van der Waals surface area contributed by atoms with Crippen LogP contribution in [0.2, 0.25) is 0 Å². The summed E-state index contributed by atoms with van der Waals surface area (Å²) in [7, 11) is 0. The largest absolute Gasteiger partial charge is 0.338 e. The molecule has 1 aromatic carbocycles. The number of nitro groups is 1. The molecule has 21 heavy (non-hydrogen) atoms. The average molecular weight is 289 g/mol. The highest BCUT2D eigenvalue weighted by Gasteiger charge is 2.35. The smallest absolute Gasteiger partial charge is 0.270 e. The van der Waals surface area contributed by atoms with Crippen LogP contribution in [0, 0.1) is 28.9 Å². The highest BCUT2D eigenvalue weighted by Crippen LogP contribution is 2.28. The van der Waals surface area contributed by atoms with E-state index >= 15 is 0 Å². The van der Waals surface area contributed by atoms with Gasteiger partial charge in [-0.1, -0.05) is 6.07 Å². The number of aryl methyl sites for hydroxylation is 1. The molecule has 3 rings (SSSR count). The maximum atomic E-state index is 12.7. The second-order valence-corrected chi connectivity index (χ2v) is 5.97. The molecule has 1 amide bonds. The van der Waals surface area contributed by atoms with E-state index in [1.165, 1.54) is 12.1 Å². The summed E-state index contributed by atoms with van der Waals surface area (Å²) in [4.78, 5) is 24.9. The lowest BCUT2D eigenvalue weighted by Crippen LogP contribution is -2.43. The van der Waals surface area contributed by atoms with Gasteiger partial charge in [-0.3, -0.25) is 14.9 Å². The molecule has 0 radical (unpaired) electrons. The first kappa shape index (κ1) is 14.0. The molecule has 0 spiro atoms. The molecule has 0 aliphatic carbocycles. The lowest BCUT2D eigenvalue weighted by atomic mass is 9.88. The number of carbonyl (C=O) groups excluding carboxylic acids is 1. The summed E-state index contributed by atoms with van der Waals surface area (Å²) in [6.45, 7) is 5.31. The molecular weight excluding hydrogens is 270 g/mol. The van der Waals surface area contributed by atoms with Crippen LogP contribution in [0.4, 0.5) is 5.69 Å². The molecule has 0 saturated carbocycles. The van der Waals surface area contributed by atoms with E-state index in [-0.39, 0.29) is 11.6 Å². The first-order valence-electron chi connectivity index (χ1n) is 7.31. The van der Waals surface area contributed by atoms with E-state index in [4.69, 9.17) is 0 Å². The zero-order chi connectivity index (χ0) is 15.0. The van der Waals surface area contributed by atoms with Gasteiger partial charge < -0.3 is 10.2 Å². The molecule has 0 bridgehead atoms. The predicted octanol–water partition coefficient (Wildman–Crippen LogP) is 1.58. The molecular formula is C15H19N3O3. The van der Waals surface area contributed by atoms with Gasteiger partial charge in [-0.15, -0.1) is 0 Å². The predicted molar refractivity (Wildman–Crippen MR) is 78.2 cm³/mol. The summed E-state index contributed by atoms with van der Waals surface area (Å²) in [6.07, 6.45) is 1.01. The van der Waals surface area contributed by atoms with Gasteiger partial charge in [-0.25, -0.2) is 0 Å². The van der Waals surface area contributed by atoms with Gasteiger partial charge in [0, 0.05) is 30.8 Å². The highest BCUT2D eigenvalue weighted by atomic mass is 16.6. The number of non-ortho nitro benzene ring substituents is 1. The van der Waals surface area contributed by atoms with Gasteiger partial charge in [0.15, 0.2) is 0 Å². The molecule has 2 aliphatic heterocycles. The number of piperidine rings is 1. The minimum atomic E-state index is -0.455. The van der Waals surface area contributed by atoms with Gasteiger partial charge in [0.1, 0.15) is 0 Å². The molecule has 1 aromatic rings. The fraction of sp³-hybridized carbons (Fsp3) is 0.533. The van der Waals surface area contributed by atoms with Gasteiger partial charge in [0.05, 0.1) is 4.92 Å². The molecule has 6 heteroatoms. The van der Waals surface area contributed by atoms with Crippen molar-refractivity contribution in [2.75, 3.05) is 26.2 Å². The average Bonchev–Trinajstić information content (AvgIpc) is 2.94. The van der Waals surface area contributed by atoms with Crippen LogP contribution in [0.5, 0.6) is 0 Å². The Kier molecular flexibility index (Phi) is 3.63. The van der Waals surface area contributed by atoms with E-state index < -0.39 is 4.92 Å². The highest BCUT2D eigenvalue weighted by molar-refractivity contribution is 5.96. The summed E-state index contributed by atoms with van der Waals surface area (Å²) in [5, 5.41) is 14.3. The number of nitro benzene ring substituents is 1. The number of carbonyl (C=O) groups is 1. The summed E-state index contributed by atoms with van der Waals surface area (Å²) >= 11 is 0. The molecule has 0 aromatic heterocycles. The number of fused-ring (bicyclic) bond motifs is 1. The zero-order valence-corrected chi connectivity index (χ0v) is 12.0. The van der Waals surface area contributed by atoms with Crippen LogP contribution < -0.4 is 5.32 Å². The van der Waals surface area contributed by atoms with Gasteiger partial charge >= 0.3 is 0 Å². The third-order valence-electron chi connectivity index (χ3n) is 4.65. The topological polar surface area (TPSA) is 75.5 Å². The number of nitrogens with zero attached hydrogens (tertiary/aromatic N) is 2. The number of rotatable bonds is 2. The first-order chi connectivity index (χ1) is 10.1. The fourth-order valence-corrected chi connectivity index (χ4v) is 3.34. The second-order valence-electron chi connectivity index (χ2n) is 5.97. The zero-order valence-electron chi connectivity index (χ0n) is 12.0. The van der Waals surface area contributed by atoms with E-state index in [9.17, 15) is 14.9 Å². The Labute approximate surface area is 123 Å². The molecule has 1 N–H and O–H groups in total. The SMILES string of the molecule is Cc1ccc([N+](=O)[O-])cc1C(=O)N1CCC2CNCC2C1. The molecule has 2 atom stereocenters. The van der Waals surface area contributed by atoms with Crippen molar-refractivity contribution in [2.24, 2.45) is 11.8 Å². The Morgan fingerprint density at radius 1 is 1.38 bits per heavy atom. The van der Waals surface area contributed by atoms with Gasteiger partial charge in [-0.2, -0.15) is 0 Å². The Morgan fingerprint density at radius 2 is 2.14 bits per heavy atom. The summed E-state index contributed by atoms with van der Waals surface area (Å²) in [6, 6.07) is 4.49. The molecule has 2 unspecified atom stereocenters. The van der Waals surface area contributed by atoms with E-state index in [2.05, 4.69) is 5.32 Å². The van der Waals surface area contributed by atoms with Crippen molar-refractivity contribution < 1.29 is 9.72 Å². The Bertz CT molecular complexity index is 588. The number of amides is 1. The van der Waals surface area contributed by atoms with Crippen molar-refractivity contribution in [2.45, 2.75) is 13.3 Å². The van der Waals surface area contributed by atoms with Crippen LogP contribution in [0.15, 0.2) is 18.2 Å². The number of nitrogens with one attached hydrogen (secondary N) is 1. The van der Waals surface area contributed by atoms with E-state index in [1.54, 1.807) is 6.07 Å². The van der Waals surface area contributed by atoms with Gasteiger partial charge in [0.2, 0.25) is 0 Å².